The fraction of sp³-hybridized carbons (Fsp3) is 0.381. The Morgan fingerprint density at radius 2 is 1.92 bits per heavy atom. The fourth-order valence-electron chi connectivity index (χ4n) is 3.31. The number of Topliss-reactive ketones (excluding diaryl/α,β-unsaturated/α-hetero) is 1. The molecule has 4 heteroatoms. The zero-order valence-electron chi connectivity index (χ0n) is 14.6. The molecule has 1 aliphatic rings. The van der Waals surface area contributed by atoms with E-state index in [1.165, 1.54) is 24.0 Å². The lowest BCUT2D eigenvalue weighted by Gasteiger charge is -2.16. The Balaban J connectivity index is 1.52. The van der Waals surface area contributed by atoms with E-state index >= 15 is 0 Å². The normalized spacial score (nSPS) is 14.4. The second kappa shape index (κ2) is 8.06. The number of rotatable bonds is 6. The van der Waals surface area contributed by atoms with Crippen LogP contribution < -0.4 is 5.32 Å². The maximum atomic E-state index is 12.4. The SMILES string of the molecule is C[C@@H](NC(=O)CCC(=O)c1ccc2c(c1)CCCC2)c1cccnc1. The predicted octanol–water partition coefficient (Wildman–Crippen LogP) is 3.80. The van der Waals surface area contributed by atoms with Gasteiger partial charge in [-0.05, 0) is 61.4 Å². The minimum absolute atomic E-state index is 0.0394. The van der Waals surface area contributed by atoms with Gasteiger partial charge in [0.2, 0.25) is 5.91 Å². The minimum atomic E-state index is -0.111. The number of fused-ring (bicyclic) bond motifs is 1. The lowest BCUT2D eigenvalue weighted by molar-refractivity contribution is -0.121. The maximum Gasteiger partial charge on any atom is 0.220 e. The van der Waals surface area contributed by atoms with E-state index in [9.17, 15) is 9.59 Å². The van der Waals surface area contributed by atoms with Crippen LogP contribution in [0, 0.1) is 0 Å². The fourth-order valence-corrected chi connectivity index (χ4v) is 3.31. The maximum absolute atomic E-state index is 12.4. The van der Waals surface area contributed by atoms with E-state index in [0.717, 1.165) is 24.0 Å². The highest BCUT2D eigenvalue weighted by atomic mass is 16.2. The lowest BCUT2D eigenvalue weighted by atomic mass is 9.89. The second-order valence-corrected chi connectivity index (χ2v) is 6.69. The quantitative estimate of drug-likeness (QED) is 0.816. The first-order valence-electron chi connectivity index (χ1n) is 8.98. The molecule has 1 atom stereocenters. The van der Waals surface area contributed by atoms with Gasteiger partial charge in [-0.1, -0.05) is 18.2 Å². The van der Waals surface area contributed by atoms with Crippen LogP contribution in [0.5, 0.6) is 0 Å². The van der Waals surface area contributed by atoms with Gasteiger partial charge in [-0.3, -0.25) is 14.6 Å². The van der Waals surface area contributed by atoms with E-state index in [1.807, 2.05) is 31.2 Å². The van der Waals surface area contributed by atoms with Crippen LogP contribution in [0.2, 0.25) is 0 Å². The summed E-state index contributed by atoms with van der Waals surface area (Å²) in [6.07, 6.45) is 8.48. The van der Waals surface area contributed by atoms with Gasteiger partial charge in [-0.25, -0.2) is 0 Å². The van der Waals surface area contributed by atoms with Crippen LogP contribution in [0.1, 0.15) is 65.7 Å². The molecular formula is C21H24N2O2. The molecule has 1 aromatic carbocycles. The van der Waals surface area contributed by atoms with Crippen molar-refractivity contribution in [3.05, 3.63) is 65.0 Å². The van der Waals surface area contributed by atoms with Crippen LogP contribution in [0.15, 0.2) is 42.7 Å². The third-order valence-electron chi connectivity index (χ3n) is 4.81. The largest absolute Gasteiger partial charge is 0.350 e. The molecule has 0 saturated carbocycles. The number of hydrogen-bond acceptors (Lipinski definition) is 3. The van der Waals surface area contributed by atoms with E-state index in [4.69, 9.17) is 0 Å². The number of aryl methyl sites for hydroxylation is 2. The predicted molar refractivity (Wildman–Crippen MR) is 97.4 cm³/mol. The van der Waals surface area contributed by atoms with Gasteiger partial charge >= 0.3 is 0 Å². The highest BCUT2D eigenvalue weighted by Crippen LogP contribution is 2.23. The van der Waals surface area contributed by atoms with Crippen LogP contribution in [0.3, 0.4) is 0 Å². The molecule has 3 rings (SSSR count). The number of pyridine rings is 1. The Labute approximate surface area is 148 Å². The Hall–Kier alpha value is -2.49. The molecule has 0 unspecified atom stereocenters. The molecule has 130 valence electrons. The number of nitrogens with zero attached hydrogens (tertiary/aromatic N) is 1. The molecule has 0 fully saturated rings. The van der Waals surface area contributed by atoms with Crippen LogP contribution in [-0.2, 0) is 17.6 Å². The highest BCUT2D eigenvalue weighted by Gasteiger charge is 2.15. The average molecular weight is 336 g/mol. The van der Waals surface area contributed by atoms with Crippen molar-refractivity contribution in [2.45, 2.75) is 51.5 Å². The number of nitrogens with one attached hydrogen (secondary N) is 1. The smallest absolute Gasteiger partial charge is 0.220 e. The summed E-state index contributed by atoms with van der Waals surface area (Å²) in [5, 5.41) is 2.92. The second-order valence-electron chi connectivity index (χ2n) is 6.69. The summed E-state index contributed by atoms with van der Waals surface area (Å²) in [7, 11) is 0. The third kappa shape index (κ3) is 4.53. The molecule has 4 nitrogen and oxygen atoms in total. The van der Waals surface area contributed by atoms with Gasteiger partial charge in [0.05, 0.1) is 6.04 Å². The first-order valence-corrected chi connectivity index (χ1v) is 8.98. The standard InChI is InChI=1S/C21H24N2O2/c1-15(19-7-4-12-22-14-19)23-21(25)11-10-20(24)18-9-8-16-5-2-3-6-17(16)13-18/h4,7-9,12-15H,2-3,5-6,10-11H2,1H3,(H,23,25)/t15-/m1/s1. The summed E-state index contributed by atoms with van der Waals surface area (Å²) in [5.74, 6) is -0.0692. The van der Waals surface area contributed by atoms with E-state index in [-0.39, 0.29) is 30.6 Å². The van der Waals surface area contributed by atoms with Crippen LogP contribution in [0.4, 0.5) is 0 Å². The zero-order chi connectivity index (χ0) is 17.6. The summed E-state index contributed by atoms with van der Waals surface area (Å²) in [4.78, 5) is 28.6. The molecule has 0 radical (unpaired) electrons. The highest BCUT2D eigenvalue weighted by molar-refractivity contribution is 5.98. The number of aromatic nitrogens is 1. The van der Waals surface area contributed by atoms with Crippen molar-refractivity contribution in [3.8, 4) is 0 Å². The van der Waals surface area contributed by atoms with Gasteiger partial charge in [0.15, 0.2) is 5.78 Å². The monoisotopic (exact) mass is 336 g/mol. The summed E-state index contributed by atoms with van der Waals surface area (Å²) in [6.45, 7) is 1.92. The van der Waals surface area contributed by atoms with Crippen LogP contribution in [0.25, 0.3) is 0 Å². The lowest BCUT2D eigenvalue weighted by Crippen LogP contribution is -2.27. The number of carbonyl (C=O) groups is 2. The van der Waals surface area contributed by atoms with E-state index in [0.29, 0.717) is 0 Å². The number of benzene rings is 1. The van der Waals surface area contributed by atoms with Gasteiger partial charge in [-0.2, -0.15) is 0 Å². The molecule has 1 aliphatic carbocycles. The first-order chi connectivity index (χ1) is 12.1. The van der Waals surface area contributed by atoms with Crippen LogP contribution >= 0.6 is 0 Å². The summed E-state index contributed by atoms with van der Waals surface area (Å²) >= 11 is 0. The topological polar surface area (TPSA) is 59.1 Å². The summed E-state index contributed by atoms with van der Waals surface area (Å²) in [6, 6.07) is 9.66. The third-order valence-corrected chi connectivity index (χ3v) is 4.81. The van der Waals surface area contributed by atoms with E-state index < -0.39 is 0 Å². The van der Waals surface area contributed by atoms with Gasteiger partial charge in [0.1, 0.15) is 0 Å². The molecule has 0 spiro atoms. The van der Waals surface area contributed by atoms with Crippen molar-refractivity contribution in [3.63, 3.8) is 0 Å². The summed E-state index contributed by atoms with van der Waals surface area (Å²) in [5.41, 5.74) is 4.35. The molecule has 0 aliphatic heterocycles. The Bertz CT molecular complexity index is 756. The molecule has 1 amide bonds. The first kappa shape index (κ1) is 17.3. The molecule has 1 N–H and O–H groups in total. The molecule has 0 saturated heterocycles. The van der Waals surface area contributed by atoms with Gasteiger partial charge in [0, 0.05) is 30.8 Å². The van der Waals surface area contributed by atoms with E-state index in [1.54, 1.807) is 12.4 Å². The zero-order valence-corrected chi connectivity index (χ0v) is 14.6. The average Bonchev–Trinajstić information content (AvgIpc) is 2.66. The number of carbonyl (C=O) groups excluding carboxylic acids is 2. The Morgan fingerprint density at radius 1 is 1.12 bits per heavy atom. The molecule has 1 heterocycles. The molecular weight excluding hydrogens is 312 g/mol. The number of hydrogen-bond donors (Lipinski definition) is 1. The van der Waals surface area contributed by atoms with Crippen molar-refractivity contribution in [1.29, 1.82) is 0 Å². The Kier molecular flexibility index (Phi) is 5.59. The van der Waals surface area contributed by atoms with Crippen molar-refractivity contribution in [2.24, 2.45) is 0 Å². The van der Waals surface area contributed by atoms with Gasteiger partial charge in [0.25, 0.3) is 0 Å². The van der Waals surface area contributed by atoms with Crippen LogP contribution in [-0.4, -0.2) is 16.7 Å². The molecule has 2 aromatic rings. The molecule has 25 heavy (non-hydrogen) atoms. The van der Waals surface area contributed by atoms with Gasteiger partial charge in [-0.15, -0.1) is 0 Å². The van der Waals surface area contributed by atoms with Crippen molar-refractivity contribution >= 4 is 11.7 Å². The van der Waals surface area contributed by atoms with Crippen molar-refractivity contribution in [2.75, 3.05) is 0 Å². The van der Waals surface area contributed by atoms with E-state index in [2.05, 4.69) is 16.4 Å². The molecule has 0 bridgehead atoms. The van der Waals surface area contributed by atoms with Crippen molar-refractivity contribution in [1.82, 2.24) is 10.3 Å². The number of amides is 1. The number of ketones is 1. The summed E-state index contributed by atoms with van der Waals surface area (Å²) < 4.78 is 0. The molecule has 1 aromatic heterocycles. The Morgan fingerprint density at radius 3 is 2.68 bits per heavy atom. The minimum Gasteiger partial charge on any atom is -0.350 e. The van der Waals surface area contributed by atoms with Crippen molar-refractivity contribution < 1.29 is 9.59 Å². The van der Waals surface area contributed by atoms with Gasteiger partial charge < -0.3 is 5.32 Å².